The van der Waals surface area contributed by atoms with Gasteiger partial charge < -0.3 is 25.3 Å². The SMILES string of the molecule is COc1ccc2c(c1)-c1c(ccn1CCN)CC2.O=C(O)C=CC(=O)O. The van der Waals surface area contributed by atoms with Crippen LogP contribution < -0.4 is 10.5 Å². The molecule has 1 heterocycles. The maximum absolute atomic E-state index is 9.55. The summed E-state index contributed by atoms with van der Waals surface area (Å²) in [6.07, 6.45) is 5.49. The van der Waals surface area contributed by atoms with Crippen molar-refractivity contribution in [3.05, 3.63) is 53.7 Å². The number of aromatic nitrogens is 1. The number of benzene rings is 1. The summed E-state index contributed by atoms with van der Waals surface area (Å²) in [6, 6.07) is 8.57. The number of aryl methyl sites for hydroxylation is 2. The molecule has 0 fully saturated rings. The number of nitrogens with zero attached hydrogens (tertiary/aromatic N) is 1. The summed E-state index contributed by atoms with van der Waals surface area (Å²) in [6.45, 7) is 1.53. The van der Waals surface area contributed by atoms with E-state index >= 15 is 0 Å². The molecule has 2 aromatic rings. The number of fused-ring (bicyclic) bond motifs is 3. The largest absolute Gasteiger partial charge is 0.497 e. The Hall–Kier alpha value is -3.06. The smallest absolute Gasteiger partial charge is 0.328 e. The molecule has 7 heteroatoms. The van der Waals surface area contributed by atoms with Crippen molar-refractivity contribution in [2.24, 2.45) is 5.73 Å². The van der Waals surface area contributed by atoms with Gasteiger partial charge >= 0.3 is 11.9 Å². The summed E-state index contributed by atoms with van der Waals surface area (Å²) < 4.78 is 7.59. The number of methoxy groups -OCH3 is 1. The second-order valence-corrected chi connectivity index (χ2v) is 5.70. The number of aliphatic carboxylic acids is 2. The van der Waals surface area contributed by atoms with Gasteiger partial charge in [0.1, 0.15) is 5.75 Å². The molecule has 4 N–H and O–H groups in total. The Morgan fingerprint density at radius 3 is 2.38 bits per heavy atom. The van der Waals surface area contributed by atoms with Gasteiger partial charge in [0.2, 0.25) is 0 Å². The third-order valence-electron chi connectivity index (χ3n) is 4.02. The number of nitrogens with two attached hydrogens (primary N) is 1. The van der Waals surface area contributed by atoms with Gasteiger partial charge in [-0.15, -0.1) is 0 Å². The van der Waals surface area contributed by atoms with Crippen LogP contribution in [0.5, 0.6) is 5.75 Å². The minimum atomic E-state index is -1.26. The standard InChI is InChI=1S/C15H18N2O.C4H4O4/c1-18-13-5-4-11-2-3-12-6-8-17(9-7-16)15(12)14(11)10-13;5-3(6)1-2-4(7)8/h4-6,8,10H,2-3,7,9,16H2,1H3;1-2H,(H,5,6)(H,7,8). The van der Waals surface area contributed by atoms with E-state index in [2.05, 4.69) is 29.0 Å². The minimum Gasteiger partial charge on any atom is -0.497 e. The van der Waals surface area contributed by atoms with Crippen molar-refractivity contribution in [3.8, 4) is 17.0 Å². The summed E-state index contributed by atoms with van der Waals surface area (Å²) in [7, 11) is 1.71. The number of carboxylic acids is 2. The molecule has 0 aliphatic heterocycles. The van der Waals surface area contributed by atoms with E-state index in [-0.39, 0.29) is 0 Å². The van der Waals surface area contributed by atoms with Gasteiger partial charge in [0.05, 0.1) is 12.8 Å². The molecule has 0 saturated heterocycles. The Labute approximate surface area is 151 Å². The summed E-state index contributed by atoms with van der Waals surface area (Å²) >= 11 is 0. The van der Waals surface area contributed by atoms with Crippen molar-refractivity contribution < 1.29 is 24.5 Å². The van der Waals surface area contributed by atoms with Crippen molar-refractivity contribution in [3.63, 3.8) is 0 Å². The van der Waals surface area contributed by atoms with Crippen LogP contribution in [0.15, 0.2) is 42.6 Å². The Morgan fingerprint density at radius 1 is 1.15 bits per heavy atom. The molecule has 0 unspecified atom stereocenters. The van der Waals surface area contributed by atoms with E-state index in [0.717, 1.165) is 25.1 Å². The quantitative estimate of drug-likeness (QED) is 0.704. The first-order valence-corrected chi connectivity index (χ1v) is 8.15. The molecule has 0 spiro atoms. The molecule has 0 saturated carbocycles. The van der Waals surface area contributed by atoms with Gasteiger partial charge in [-0.05, 0) is 42.2 Å². The predicted octanol–water partition coefficient (Wildman–Crippen LogP) is 1.93. The fourth-order valence-corrected chi connectivity index (χ4v) is 2.91. The van der Waals surface area contributed by atoms with Gasteiger partial charge in [-0.25, -0.2) is 9.59 Å². The van der Waals surface area contributed by atoms with Crippen LogP contribution in [0, 0.1) is 0 Å². The zero-order valence-electron chi connectivity index (χ0n) is 14.5. The van der Waals surface area contributed by atoms with Crippen LogP contribution in [0.4, 0.5) is 0 Å². The zero-order valence-corrected chi connectivity index (χ0v) is 14.5. The first-order chi connectivity index (χ1) is 12.5. The number of rotatable bonds is 5. The Kier molecular flexibility index (Phi) is 6.57. The number of carbonyl (C=O) groups is 2. The first kappa shape index (κ1) is 19.3. The lowest BCUT2D eigenvalue weighted by atomic mass is 9.90. The molecule has 1 aromatic heterocycles. The van der Waals surface area contributed by atoms with Crippen LogP contribution in [0.1, 0.15) is 11.1 Å². The zero-order chi connectivity index (χ0) is 19.1. The summed E-state index contributed by atoms with van der Waals surface area (Å²) in [4.78, 5) is 19.1. The fraction of sp³-hybridized carbons (Fsp3) is 0.263. The first-order valence-electron chi connectivity index (χ1n) is 8.15. The molecule has 26 heavy (non-hydrogen) atoms. The lowest BCUT2D eigenvalue weighted by Crippen LogP contribution is -2.12. The molecule has 1 aromatic carbocycles. The third kappa shape index (κ3) is 4.73. The monoisotopic (exact) mass is 358 g/mol. The molecule has 138 valence electrons. The van der Waals surface area contributed by atoms with Crippen LogP contribution in [-0.4, -0.2) is 40.4 Å². The molecule has 3 rings (SSSR count). The molecular weight excluding hydrogens is 336 g/mol. The van der Waals surface area contributed by atoms with E-state index in [1.165, 1.54) is 22.4 Å². The number of hydrogen-bond acceptors (Lipinski definition) is 4. The average Bonchev–Trinajstić information content (AvgIpc) is 3.04. The van der Waals surface area contributed by atoms with Crippen molar-refractivity contribution in [1.82, 2.24) is 4.57 Å². The highest BCUT2D eigenvalue weighted by atomic mass is 16.5. The Morgan fingerprint density at radius 2 is 1.81 bits per heavy atom. The molecular formula is C19H22N2O5. The van der Waals surface area contributed by atoms with E-state index in [1.807, 2.05) is 6.07 Å². The number of ether oxygens (including phenoxy) is 1. The van der Waals surface area contributed by atoms with Gasteiger partial charge in [0, 0.05) is 37.0 Å². The van der Waals surface area contributed by atoms with E-state index in [1.54, 1.807) is 7.11 Å². The summed E-state index contributed by atoms with van der Waals surface area (Å²) in [5.74, 6) is -1.60. The average molecular weight is 358 g/mol. The van der Waals surface area contributed by atoms with Crippen LogP contribution >= 0.6 is 0 Å². The number of hydrogen-bond donors (Lipinski definition) is 3. The molecule has 1 aliphatic rings. The van der Waals surface area contributed by atoms with E-state index in [9.17, 15) is 9.59 Å². The lowest BCUT2D eigenvalue weighted by molar-refractivity contribution is -0.134. The van der Waals surface area contributed by atoms with Crippen LogP contribution in [0.3, 0.4) is 0 Å². The summed E-state index contributed by atoms with van der Waals surface area (Å²) in [5, 5.41) is 15.6. The van der Waals surface area contributed by atoms with Gasteiger partial charge in [-0.2, -0.15) is 0 Å². The molecule has 0 bridgehead atoms. The van der Waals surface area contributed by atoms with E-state index in [0.29, 0.717) is 18.7 Å². The Balaban J connectivity index is 0.000000260. The highest BCUT2D eigenvalue weighted by Crippen LogP contribution is 2.36. The molecule has 1 aliphatic carbocycles. The van der Waals surface area contributed by atoms with Crippen LogP contribution in [0.25, 0.3) is 11.3 Å². The highest BCUT2D eigenvalue weighted by Gasteiger charge is 2.20. The second-order valence-electron chi connectivity index (χ2n) is 5.70. The van der Waals surface area contributed by atoms with Crippen LogP contribution in [-0.2, 0) is 29.0 Å². The topological polar surface area (TPSA) is 115 Å². The van der Waals surface area contributed by atoms with E-state index < -0.39 is 11.9 Å². The minimum absolute atomic E-state index is 0.558. The van der Waals surface area contributed by atoms with Gasteiger partial charge in [-0.1, -0.05) is 6.07 Å². The second kappa shape index (κ2) is 8.87. The summed E-state index contributed by atoms with van der Waals surface area (Å²) in [5.41, 5.74) is 11.1. The fourth-order valence-electron chi connectivity index (χ4n) is 2.91. The molecule has 0 radical (unpaired) electrons. The van der Waals surface area contributed by atoms with Crippen molar-refractivity contribution >= 4 is 11.9 Å². The third-order valence-corrected chi connectivity index (χ3v) is 4.02. The lowest BCUT2D eigenvalue weighted by Gasteiger charge is -2.20. The molecule has 0 amide bonds. The Bertz CT molecular complexity index is 807. The van der Waals surface area contributed by atoms with Gasteiger partial charge in [0.15, 0.2) is 0 Å². The van der Waals surface area contributed by atoms with Crippen LogP contribution in [0.2, 0.25) is 0 Å². The van der Waals surface area contributed by atoms with Crippen molar-refractivity contribution in [2.75, 3.05) is 13.7 Å². The highest BCUT2D eigenvalue weighted by molar-refractivity contribution is 5.89. The normalized spacial score (nSPS) is 11.9. The maximum atomic E-state index is 9.55. The van der Waals surface area contributed by atoms with Gasteiger partial charge in [0.25, 0.3) is 0 Å². The van der Waals surface area contributed by atoms with Crippen molar-refractivity contribution in [2.45, 2.75) is 19.4 Å². The van der Waals surface area contributed by atoms with Gasteiger partial charge in [-0.3, -0.25) is 0 Å². The molecule has 7 nitrogen and oxygen atoms in total. The maximum Gasteiger partial charge on any atom is 0.328 e. The molecule has 0 atom stereocenters. The predicted molar refractivity (Wildman–Crippen MR) is 97.3 cm³/mol. The van der Waals surface area contributed by atoms with Crippen molar-refractivity contribution in [1.29, 1.82) is 0 Å². The number of carboxylic acid groups (broad SMARTS) is 2. The van der Waals surface area contributed by atoms with E-state index in [4.69, 9.17) is 20.7 Å².